The van der Waals surface area contributed by atoms with Crippen LogP contribution in [-0.4, -0.2) is 68.4 Å². The van der Waals surface area contributed by atoms with Gasteiger partial charge in [0.25, 0.3) is 5.56 Å². The molecule has 11 nitrogen and oxygen atoms in total. The van der Waals surface area contributed by atoms with Crippen LogP contribution in [0.15, 0.2) is 29.3 Å². The molecular formula is C34H48ClN7O4Si. The molecule has 1 unspecified atom stereocenters. The number of rotatable bonds is 8. The molecule has 1 aromatic carbocycles. The minimum absolute atomic E-state index is 0.00285. The van der Waals surface area contributed by atoms with E-state index in [0.29, 0.717) is 28.6 Å². The summed E-state index contributed by atoms with van der Waals surface area (Å²) < 4.78 is 17.1. The Hall–Kier alpha value is -3.35. The van der Waals surface area contributed by atoms with Crippen LogP contribution in [0.25, 0.3) is 33.1 Å². The van der Waals surface area contributed by atoms with Gasteiger partial charge in [0, 0.05) is 75.8 Å². The number of aryl methyl sites for hydroxylation is 1. The maximum absolute atomic E-state index is 14.4. The molecule has 3 atom stereocenters. The van der Waals surface area contributed by atoms with Crippen LogP contribution < -0.4 is 15.8 Å². The SMILES string of the molecule is Cn1cc2c(Cl)c(-c3cn(COCC[Si](C)(C)C)c4nc(N5[C@@H]6CCC[C@H]5CC(NC(=O)OC(C)(C)C)C6)n(C)c(=O)c34)ccc2n1. The molecule has 0 saturated carbocycles. The Kier molecular flexibility index (Phi) is 8.99. The molecule has 47 heavy (non-hydrogen) atoms. The van der Waals surface area contributed by atoms with Gasteiger partial charge in [-0.25, -0.2) is 4.79 Å². The molecule has 13 heteroatoms. The van der Waals surface area contributed by atoms with Crippen LogP contribution in [0.3, 0.4) is 0 Å². The lowest BCUT2D eigenvalue weighted by molar-refractivity contribution is 0.0482. The molecule has 1 N–H and O–H groups in total. The van der Waals surface area contributed by atoms with Gasteiger partial charge in [0.1, 0.15) is 12.3 Å². The summed E-state index contributed by atoms with van der Waals surface area (Å²) in [5.74, 6) is 0.648. The zero-order valence-electron chi connectivity index (χ0n) is 28.9. The standard InChI is InChI=1S/C34H48ClN7O4Si/c1-34(2,3)46-33(44)36-21-16-22-10-9-11-23(17-21)42(22)32-37-30-28(31(43)40(32)5)25(19-41(30)20-45-14-15-47(6,7)8)24-12-13-27-26(29(24)35)18-39(4)38-27/h12-13,18-19,21-23H,9-11,14-17,20H2,1-8H3,(H,36,44)/t21?,22-,23+. The molecule has 3 aromatic heterocycles. The van der Waals surface area contributed by atoms with E-state index in [0.717, 1.165) is 60.2 Å². The number of hydrogen-bond acceptors (Lipinski definition) is 7. The first-order valence-corrected chi connectivity index (χ1v) is 20.8. The lowest BCUT2D eigenvalue weighted by Gasteiger charge is -2.49. The predicted octanol–water partition coefficient (Wildman–Crippen LogP) is 6.67. The fourth-order valence-electron chi connectivity index (χ4n) is 7.07. The first-order valence-electron chi connectivity index (χ1n) is 16.7. The second-order valence-corrected chi connectivity index (χ2v) is 21.5. The van der Waals surface area contributed by atoms with Crippen LogP contribution in [0, 0.1) is 0 Å². The number of alkyl carbamates (subject to hydrolysis) is 1. The second-order valence-electron chi connectivity index (χ2n) is 15.5. The van der Waals surface area contributed by atoms with E-state index in [2.05, 4.69) is 35.0 Å². The number of amides is 1. The summed E-state index contributed by atoms with van der Waals surface area (Å²) in [7, 11) is 2.39. The highest BCUT2D eigenvalue weighted by Crippen LogP contribution is 2.40. The molecule has 0 aliphatic carbocycles. The van der Waals surface area contributed by atoms with Crippen molar-refractivity contribution in [3.8, 4) is 11.1 Å². The second kappa shape index (κ2) is 12.6. The Labute approximate surface area is 282 Å². The van der Waals surface area contributed by atoms with Gasteiger partial charge in [-0.15, -0.1) is 0 Å². The van der Waals surface area contributed by atoms with Gasteiger partial charge in [-0.05, 0) is 65.0 Å². The van der Waals surface area contributed by atoms with Gasteiger partial charge >= 0.3 is 6.09 Å². The number of nitrogens with one attached hydrogen (secondary N) is 1. The Morgan fingerprint density at radius 2 is 1.79 bits per heavy atom. The van der Waals surface area contributed by atoms with Crippen molar-refractivity contribution in [2.24, 2.45) is 14.1 Å². The Morgan fingerprint density at radius 3 is 2.45 bits per heavy atom. The smallest absolute Gasteiger partial charge is 0.407 e. The Morgan fingerprint density at radius 1 is 1.09 bits per heavy atom. The molecule has 254 valence electrons. The number of fused-ring (bicyclic) bond motifs is 4. The van der Waals surface area contributed by atoms with Gasteiger partial charge in [-0.1, -0.05) is 37.3 Å². The van der Waals surface area contributed by atoms with Crippen molar-refractivity contribution in [2.45, 2.75) is 109 Å². The summed E-state index contributed by atoms with van der Waals surface area (Å²) in [6, 6.07) is 5.18. The van der Waals surface area contributed by atoms with Gasteiger partial charge in [0.15, 0.2) is 5.65 Å². The molecule has 2 saturated heterocycles. The molecule has 2 fully saturated rings. The zero-order valence-corrected chi connectivity index (χ0v) is 30.6. The maximum atomic E-state index is 14.4. The summed E-state index contributed by atoms with van der Waals surface area (Å²) in [5, 5.41) is 9.51. The van der Waals surface area contributed by atoms with Crippen molar-refractivity contribution in [1.82, 2.24) is 29.2 Å². The quantitative estimate of drug-likeness (QED) is 0.164. The number of aromatic nitrogens is 5. The summed E-state index contributed by atoms with van der Waals surface area (Å²) in [6.45, 7) is 13.5. The van der Waals surface area contributed by atoms with Crippen molar-refractivity contribution in [2.75, 3.05) is 11.5 Å². The van der Waals surface area contributed by atoms with Crippen LogP contribution in [0.5, 0.6) is 0 Å². The van der Waals surface area contributed by atoms with Gasteiger partial charge < -0.3 is 24.3 Å². The topological polar surface area (TPSA) is 108 Å². The average molecular weight is 682 g/mol. The van der Waals surface area contributed by atoms with E-state index in [4.69, 9.17) is 26.1 Å². The lowest BCUT2D eigenvalue weighted by atomic mass is 9.82. The molecular weight excluding hydrogens is 634 g/mol. The fourth-order valence-corrected chi connectivity index (χ4v) is 8.13. The van der Waals surface area contributed by atoms with Crippen LogP contribution in [0.2, 0.25) is 30.7 Å². The minimum Gasteiger partial charge on any atom is -0.444 e. The molecule has 6 rings (SSSR count). The van der Waals surface area contributed by atoms with E-state index >= 15 is 0 Å². The highest BCUT2D eigenvalue weighted by molar-refractivity contribution is 6.76. The molecule has 2 aliphatic rings. The van der Waals surface area contributed by atoms with Crippen molar-refractivity contribution in [1.29, 1.82) is 0 Å². The van der Waals surface area contributed by atoms with Gasteiger partial charge in [0.2, 0.25) is 5.95 Å². The number of anilines is 1. The molecule has 2 aliphatic heterocycles. The third-order valence-corrected chi connectivity index (χ3v) is 11.4. The third kappa shape index (κ3) is 6.96. The molecule has 0 radical (unpaired) electrons. The van der Waals surface area contributed by atoms with Gasteiger partial charge in [-0.2, -0.15) is 10.1 Å². The number of benzene rings is 1. The minimum atomic E-state index is -1.29. The maximum Gasteiger partial charge on any atom is 0.407 e. The number of carbonyl (C=O) groups excluding carboxylic acids is 1. The van der Waals surface area contributed by atoms with Crippen molar-refractivity contribution >= 4 is 53.7 Å². The Balaban J connectivity index is 1.40. The summed E-state index contributed by atoms with van der Waals surface area (Å²) >= 11 is 7.01. The van der Waals surface area contributed by atoms with E-state index in [-0.39, 0.29) is 36.5 Å². The highest BCUT2D eigenvalue weighted by Gasteiger charge is 2.41. The van der Waals surface area contributed by atoms with Crippen molar-refractivity contribution in [3.63, 3.8) is 0 Å². The summed E-state index contributed by atoms with van der Waals surface area (Å²) in [5.41, 5.74) is 2.18. The predicted molar refractivity (Wildman–Crippen MR) is 190 cm³/mol. The first kappa shape index (κ1) is 33.5. The normalized spacial score (nSPS) is 20.3. The van der Waals surface area contributed by atoms with Crippen LogP contribution >= 0.6 is 11.6 Å². The van der Waals surface area contributed by atoms with E-state index in [1.54, 1.807) is 9.25 Å². The summed E-state index contributed by atoms with van der Waals surface area (Å²) in [4.78, 5) is 34.6. The van der Waals surface area contributed by atoms with E-state index < -0.39 is 13.7 Å². The average Bonchev–Trinajstić information content (AvgIpc) is 3.51. The van der Waals surface area contributed by atoms with Crippen LogP contribution in [-0.2, 0) is 30.3 Å². The number of nitrogens with zero attached hydrogens (tertiary/aromatic N) is 6. The fraction of sp³-hybridized carbons (Fsp3) is 0.588. The summed E-state index contributed by atoms with van der Waals surface area (Å²) in [6.07, 6.45) is 8.01. The van der Waals surface area contributed by atoms with Crippen molar-refractivity contribution in [3.05, 3.63) is 39.9 Å². The molecule has 0 spiro atoms. The molecule has 4 aromatic rings. The van der Waals surface area contributed by atoms with E-state index in [9.17, 15) is 9.59 Å². The van der Waals surface area contributed by atoms with E-state index in [1.165, 1.54) is 0 Å². The number of halogens is 1. The van der Waals surface area contributed by atoms with Crippen LogP contribution in [0.4, 0.5) is 10.7 Å². The number of ether oxygens (including phenoxy) is 2. The molecule has 2 bridgehead atoms. The van der Waals surface area contributed by atoms with Crippen LogP contribution in [0.1, 0.15) is 52.9 Å². The van der Waals surface area contributed by atoms with E-state index in [1.807, 2.05) is 64.0 Å². The first-order chi connectivity index (χ1) is 22.1. The molecule has 1 amide bonds. The van der Waals surface area contributed by atoms with Gasteiger partial charge in [0.05, 0.1) is 15.9 Å². The number of piperidine rings is 2. The highest BCUT2D eigenvalue weighted by atomic mass is 35.5. The third-order valence-electron chi connectivity index (χ3n) is 9.26. The zero-order chi connectivity index (χ0) is 33.8. The number of carbonyl (C=O) groups is 1. The Bertz CT molecular complexity index is 1850. The van der Waals surface area contributed by atoms with Gasteiger partial charge in [-0.3, -0.25) is 14.0 Å². The molecule has 5 heterocycles. The lowest BCUT2D eigenvalue weighted by Crippen LogP contribution is -2.58. The number of hydrogen-bond donors (Lipinski definition) is 1. The largest absolute Gasteiger partial charge is 0.444 e. The monoisotopic (exact) mass is 681 g/mol. The van der Waals surface area contributed by atoms with Crippen molar-refractivity contribution < 1.29 is 14.3 Å².